The Labute approximate surface area is 149 Å². The third-order valence-corrected chi connectivity index (χ3v) is 3.70. The number of carbonyl (C=O) groups excluding carboxylic acids is 1. The van der Waals surface area contributed by atoms with Crippen molar-refractivity contribution in [3.63, 3.8) is 0 Å². The Morgan fingerprint density at radius 2 is 2.12 bits per heavy atom. The minimum atomic E-state index is -0.444. The van der Waals surface area contributed by atoms with Crippen LogP contribution >= 0.6 is 11.6 Å². The van der Waals surface area contributed by atoms with Crippen LogP contribution in [0.15, 0.2) is 42.7 Å². The number of ether oxygens (including phenoxy) is 1. The van der Waals surface area contributed by atoms with Crippen LogP contribution in [-0.2, 0) is 11.3 Å². The number of carbonyl (C=O) groups is 1. The highest BCUT2D eigenvalue weighted by Gasteiger charge is 2.08. The summed E-state index contributed by atoms with van der Waals surface area (Å²) in [6.45, 7) is 0.710. The van der Waals surface area contributed by atoms with Crippen molar-refractivity contribution in [1.82, 2.24) is 25.5 Å². The van der Waals surface area contributed by atoms with Gasteiger partial charge in [0.25, 0.3) is 0 Å². The van der Waals surface area contributed by atoms with Gasteiger partial charge in [0.15, 0.2) is 5.65 Å². The maximum Gasteiger partial charge on any atom is 0.407 e. The zero-order chi connectivity index (χ0) is 17.5. The Kier molecular flexibility index (Phi) is 5.58. The van der Waals surface area contributed by atoms with E-state index >= 15 is 0 Å². The monoisotopic (exact) mass is 357 g/mol. The lowest BCUT2D eigenvalue weighted by Gasteiger charge is -2.05. The number of alkyl carbamates (subject to hydrolysis) is 1. The molecule has 0 aliphatic carbocycles. The molecule has 3 rings (SSSR count). The van der Waals surface area contributed by atoms with Gasteiger partial charge in [-0.3, -0.25) is 5.10 Å². The maximum absolute atomic E-state index is 11.6. The van der Waals surface area contributed by atoms with E-state index in [9.17, 15) is 4.79 Å². The summed E-state index contributed by atoms with van der Waals surface area (Å²) in [5, 5.41) is 10.6. The number of halogens is 1. The summed E-state index contributed by atoms with van der Waals surface area (Å²) >= 11 is 6.05. The molecule has 0 aliphatic rings. The van der Waals surface area contributed by atoms with Gasteiger partial charge in [-0.15, -0.1) is 0 Å². The Morgan fingerprint density at radius 3 is 2.96 bits per heavy atom. The van der Waals surface area contributed by atoms with Crippen LogP contribution in [0.4, 0.5) is 4.79 Å². The highest BCUT2D eigenvalue weighted by atomic mass is 35.5. The van der Waals surface area contributed by atoms with Crippen molar-refractivity contribution in [1.29, 1.82) is 0 Å². The second-order valence-corrected chi connectivity index (χ2v) is 5.54. The van der Waals surface area contributed by atoms with Gasteiger partial charge >= 0.3 is 6.09 Å². The van der Waals surface area contributed by atoms with E-state index in [4.69, 9.17) is 16.3 Å². The lowest BCUT2D eigenvalue weighted by molar-refractivity contribution is 0.140. The highest BCUT2D eigenvalue weighted by Crippen LogP contribution is 2.21. The molecule has 2 heterocycles. The third kappa shape index (κ3) is 4.54. The molecular formula is C17H16ClN5O2. The van der Waals surface area contributed by atoms with Crippen LogP contribution in [0.25, 0.3) is 17.1 Å². The van der Waals surface area contributed by atoms with Crippen molar-refractivity contribution < 1.29 is 9.53 Å². The van der Waals surface area contributed by atoms with Gasteiger partial charge in [-0.05, 0) is 18.1 Å². The molecule has 1 amide bonds. The Morgan fingerprint density at radius 1 is 1.28 bits per heavy atom. The van der Waals surface area contributed by atoms with Crippen molar-refractivity contribution in [3.05, 3.63) is 59.1 Å². The van der Waals surface area contributed by atoms with Gasteiger partial charge in [-0.2, -0.15) is 5.10 Å². The van der Waals surface area contributed by atoms with E-state index in [1.807, 2.05) is 42.5 Å². The number of aromatic amines is 1. The van der Waals surface area contributed by atoms with Crippen LogP contribution in [0.1, 0.15) is 17.7 Å². The maximum atomic E-state index is 11.6. The summed E-state index contributed by atoms with van der Waals surface area (Å²) < 4.78 is 5.13. The predicted molar refractivity (Wildman–Crippen MR) is 95.0 cm³/mol. The number of fused-ring (bicyclic) bond motifs is 1. The van der Waals surface area contributed by atoms with E-state index in [-0.39, 0.29) is 6.61 Å². The molecule has 0 spiro atoms. The van der Waals surface area contributed by atoms with E-state index in [0.29, 0.717) is 29.2 Å². The summed E-state index contributed by atoms with van der Waals surface area (Å²) in [7, 11) is 0. The summed E-state index contributed by atoms with van der Waals surface area (Å²) in [5.74, 6) is 0. The lowest BCUT2D eigenvalue weighted by atomic mass is 10.2. The van der Waals surface area contributed by atoms with Gasteiger partial charge in [0.1, 0.15) is 18.1 Å². The number of H-pyrrole nitrogens is 1. The number of benzene rings is 1. The topological polar surface area (TPSA) is 92.8 Å². The zero-order valence-electron chi connectivity index (χ0n) is 13.3. The molecule has 8 heteroatoms. The van der Waals surface area contributed by atoms with Crippen LogP contribution in [0, 0.1) is 0 Å². The highest BCUT2D eigenvalue weighted by molar-refractivity contribution is 6.34. The first kappa shape index (κ1) is 16.9. The Hall–Kier alpha value is -2.93. The summed E-state index contributed by atoms with van der Waals surface area (Å²) in [6.07, 6.45) is 5.28. The molecule has 0 saturated heterocycles. The molecule has 0 unspecified atom stereocenters. The Bertz CT molecular complexity index is 879. The minimum Gasteiger partial charge on any atom is -0.445 e. The largest absolute Gasteiger partial charge is 0.445 e. The molecule has 128 valence electrons. The second kappa shape index (κ2) is 8.25. The molecule has 0 radical (unpaired) electrons. The average molecular weight is 358 g/mol. The van der Waals surface area contributed by atoms with Crippen LogP contribution in [0.3, 0.4) is 0 Å². The first-order valence-electron chi connectivity index (χ1n) is 7.69. The minimum absolute atomic E-state index is 0.251. The number of hydrogen-bond donors (Lipinski definition) is 2. The van der Waals surface area contributed by atoms with Crippen molar-refractivity contribution >= 4 is 34.8 Å². The second-order valence-electron chi connectivity index (χ2n) is 5.18. The van der Waals surface area contributed by atoms with Gasteiger partial charge in [0.05, 0.1) is 11.1 Å². The predicted octanol–water partition coefficient (Wildman–Crippen LogP) is 3.34. The SMILES string of the molecule is O=C(NCCC=Cc1[nH]nc2ncnc(Cl)c12)OCc1ccccc1. The molecule has 7 nitrogen and oxygen atoms in total. The molecule has 0 aliphatic heterocycles. The van der Waals surface area contributed by atoms with E-state index in [2.05, 4.69) is 25.5 Å². The number of hydrogen-bond acceptors (Lipinski definition) is 5. The number of aromatic nitrogens is 4. The van der Waals surface area contributed by atoms with Crippen LogP contribution in [0.2, 0.25) is 5.15 Å². The zero-order valence-corrected chi connectivity index (χ0v) is 14.0. The number of rotatable bonds is 6. The molecule has 3 aromatic rings. The third-order valence-electron chi connectivity index (χ3n) is 3.41. The molecule has 0 atom stereocenters. The van der Waals surface area contributed by atoms with E-state index in [1.165, 1.54) is 6.33 Å². The average Bonchev–Trinajstić information content (AvgIpc) is 3.05. The number of nitrogens with zero attached hydrogens (tertiary/aromatic N) is 3. The van der Waals surface area contributed by atoms with E-state index < -0.39 is 6.09 Å². The molecule has 0 fully saturated rings. The number of amides is 1. The normalized spacial score (nSPS) is 11.1. The van der Waals surface area contributed by atoms with E-state index in [0.717, 1.165) is 11.3 Å². The van der Waals surface area contributed by atoms with Crippen LogP contribution < -0.4 is 5.32 Å². The molecule has 1 aromatic carbocycles. The van der Waals surface area contributed by atoms with Gasteiger partial charge in [0, 0.05) is 6.54 Å². The fourth-order valence-corrected chi connectivity index (χ4v) is 2.42. The van der Waals surface area contributed by atoms with Crippen molar-refractivity contribution in [2.75, 3.05) is 6.54 Å². The van der Waals surface area contributed by atoms with Gasteiger partial charge in [-0.1, -0.05) is 48.0 Å². The summed E-state index contributed by atoms with van der Waals surface area (Å²) in [6, 6.07) is 9.52. The molecule has 2 N–H and O–H groups in total. The fourth-order valence-electron chi connectivity index (χ4n) is 2.19. The molecule has 25 heavy (non-hydrogen) atoms. The number of nitrogens with one attached hydrogen (secondary N) is 2. The first-order valence-corrected chi connectivity index (χ1v) is 8.07. The Balaban J connectivity index is 1.43. The molecule has 0 saturated carbocycles. The lowest BCUT2D eigenvalue weighted by Crippen LogP contribution is -2.24. The fraction of sp³-hybridized carbons (Fsp3) is 0.176. The van der Waals surface area contributed by atoms with Gasteiger partial charge in [0.2, 0.25) is 0 Å². The van der Waals surface area contributed by atoms with Gasteiger partial charge in [-0.25, -0.2) is 14.8 Å². The first-order chi connectivity index (χ1) is 12.2. The summed E-state index contributed by atoms with van der Waals surface area (Å²) in [5.41, 5.74) is 2.19. The van der Waals surface area contributed by atoms with Crippen molar-refractivity contribution in [2.45, 2.75) is 13.0 Å². The molecule has 2 aromatic heterocycles. The van der Waals surface area contributed by atoms with Crippen LogP contribution in [-0.4, -0.2) is 32.8 Å². The van der Waals surface area contributed by atoms with Crippen molar-refractivity contribution in [3.8, 4) is 0 Å². The van der Waals surface area contributed by atoms with Crippen LogP contribution in [0.5, 0.6) is 0 Å². The van der Waals surface area contributed by atoms with E-state index in [1.54, 1.807) is 0 Å². The standard InChI is InChI=1S/C17H16ClN5O2/c18-15-14-13(22-23-16(14)21-11-20-15)8-4-5-9-19-17(24)25-10-12-6-2-1-3-7-12/h1-4,6-8,11H,5,9-10H2,(H,19,24)(H,20,21,22,23). The van der Waals surface area contributed by atoms with Crippen molar-refractivity contribution in [2.24, 2.45) is 0 Å². The smallest absolute Gasteiger partial charge is 0.407 e. The summed E-state index contributed by atoms with van der Waals surface area (Å²) in [4.78, 5) is 19.6. The quantitative estimate of drug-likeness (QED) is 0.521. The molecule has 0 bridgehead atoms. The molecular weight excluding hydrogens is 342 g/mol. The van der Waals surface area contributed by atoms with Gasteiger partial charge < -0.3 is 10.1 Å².